The molecule has 4 heteroatoms. The minimum absolute atomic E-state index is 0.0965. The van der Waals surface area contributed by atoms with Gasteiger partial charge in [0.1, 0.15) is 18.1 Å². The molecule has 3 nitrogen and oxygen atoms in total. The van der Waals surface area contributed by atoms with E-state index in [2.05, 4.69) is 0 Å². The molecule has 0 aromatic heterocycles. The first kappa shape index (κ1) is 18.0. The van der Waals surface area contributed by atoms with Crippen LogP contribution in [0.1, 0.15) is 38.3 Å². The molecule has 0 aliphatic rings. The van der Waals surface area contributed by atoms with E-state index in [-0.39, 0.29) is 24.2 Å². The molecule has 0 saturated carbocycles. The highest BCUT2D eigenvalue weighted by Gasteiger charge is 2.07. The molecular formula is C20H23FO3. The summed E-state index contributed by atoms with van der Waals surface area (Å²) in [6.45, 7) is 5.72. The van der Waals surface area contributed by atoms with Gasteiger partial charge < -0.3 is 14.3 Å². The summed E-state index contributed by atoms with van der Waals surface area (Å²) in [6, 6.07) is 12.4. The number of aryl methyl sites for hydroxylation is 1. The van der Waals surface area contributed by atoms with Crippen molar-refractivity contribution in [3.05, 3.63) is 59.4 Å². The van der Waals surface area contributed by atoms with E-state index in [1.165, 1.54) is 13.0 Å². The van der Waals surface area contributed by atoms with Crippen LogP contribution in [-0.4, -0.2) is 11.9 Å². The Labute approximate surface area is 142 Å². The van der Waals surface area contributed by atoms with Crippen LogP contribution in [0.3, 0.4) is 0 Å². The van der Waals surface area contributed by atoms with E-state index in [1.54, 1.807) is 12.1 Å². The van der Waals surface area contributed by atoms with Gasteiger partial charge in [0.25, 0.3) is 0 Å². The second-order valence-electron chi connectivity index (χ2n) is 6.07. The van der Waals surface area contributed by atoms with Crippen molar-refractivity contribution in [3.63, 3.8) is 0 Å². The Bertz CT molecular complexity index is 695. The maximum Gasteiger partial charge on any atom is 0.165 e. The van der Waals surface area contributed by atoms with Crippen LogP contribution in [0.25, 0.3) is 0 Å². The van der Waals surface area contributed by atoms with E-state index >= 15 is 0 Å². The van der Waals surface area contributed by atoms with Gasteiger partial charge in [0.05, 0.1) is 6.10 Å². The molecule has 0 heterocycles. The number of benzene rings is 2. The zero-order valence-electron chi connectivity index (χ0n) is 14.3. The summed E-state index contributed by atoms with van der Waals surface area (Å²) in [7, 11) is 0. The van der Waals surface area contributed by atoms with Gasteiger partial charge in [-0.1, -0.05) is 18.2 Å². The number of Topliss-reactive ketones (excluding diaryl/α,β-unsaturated/α-hetero) is 1. The van der Waals surface area contributed by atoms with Crippen LogP contribution in [0, 0.1) is 5.82 Å². The number of halogens is 1. The standard InChI is InChI=1S/C20H23FO3/c1-14(2)24-18-6-4-5-17(11-18)13-23-20-10-9-16(12-19(20)21)8-7-15(3)22/h4-6,9-12,14H,7-8,13H2,1-3H3. The van der Waals surface area contributed by atoms with Gasteiger partial charge in [-0.15, -0.1) is 0 Å². The van der Waals surface area contributed by atoms with Gasteiger partial charge in [-0.2, -0.15) is 0 Å². The van der Waals surface area contributed by atoms with Gasteiger partial charge in [0.2, 0.25) is 0 Å². The van der Waals surface area contributed by atoms with Gasteiger partial charge in [-0.3, -0.25) is 0 Å². The molecule has 128 valence electrons. The highest BCUT2D eigenvalue weighted by Crippen LogP contribution is 2.22. The second-order valence-corrected chi connectivity index (χ2v) is 6.07. The largest absolute Gasteiger partial charge is 0.491 e. The third-order valence-corrected chi connectivity index (χ3v) is 3.43. The molecule has 0 saturated heterocycles. The third kappa shape index (κ3) is 5.69. The second kappa shape index (κ2) is 8.48. The lowest BCUT2D eigenvalue weighted by molar-refractivity contribution is -0.116. The Balaban J connectivity index is 1.97. The first-order chi connectivity index (χ1) is 11.4. The number of hydrogen-bond donors (Lipinski definition) is 0. The van der Waals surface area contributed by atoms with Crippen LogP contribution >= 0.6 is 0 Å². The summed E-state index contributed by atoms with van der Waals surface area (Å²) < 4.78 is 25.3. The summed E-state index contributed by atoms with van der Waals surface area (Å²) in [5, 5.41) is 0. The van der Waals surface area contributed by atoms with Crippen LogP contribution in [0.2, 0.25) is 0 Å². The van der Waals surface area contributed by atoms with Crippen LogP contribution in [0.4, 0.5) is 4.39 Å². The Morgan fingerprint density at radius 1 is 1.12 bits per heavy atom. The Kier molecular flexibility index (Phi) is 6.36. The minimum atomic E-state index is -0.411. The molecule has 24 heavy (non-hydrogen) atoms. The molecule has 0 aliphatic heterocycles. The van der Waals surface area contributed by atoms with Crippen LogP contribution in [-0.2, 0) is 17.8 Å². The molecule has 2 aromatic rings. The van der Waals surface area contributed by atoms with Gasteiger partial charge in [0.15, 0.2) is 11.6 Å². The molecule has 0 bridgehead atoms. The highest BCUT2D eigenvalue weighted by molar-refractivity contribution is 5.75. The zero-order chi connectivity index (χ0) is 17.5. The summed E-state index contributed by atoms with van der Waals surface area (Å²) in [6.07, 6.45) is 1.06. The molecule has 0 spiro atoms. The molecule has 0 unspecified atom stereocenters. The molecule has 2 rings (SSSR count). The lowest BCUT2D eigenvalue weighted by Gasteiger charge is -2.12. The Hall–Kier alpha value is -2.36. The molecule has 0 N–H and O–H groups in total. The predicted octanol–water partition coefficient (Wildman–Crippen LogP) is 4.71. The molecule has 0 aliphatic carbocycles. The van der Waals surface area contributed by atoms with Crippen molar-refractivity contribution in [1.29, 1.82) is 0 Å². The minimum Gasteiger partial charge on any atom is -0.491 e. The van der Waals surface area contributed by atoms with Crippen LogP contribution in [0.5, 0.6) is 11.5 Å². The van der Waals surface area contributed by atoms with Crippen molar-refractivity contribution in [1.82, 2.24) is 0 Å². The summed E-state index contributed by atoms with van der Waals surface area (Å²) in [5.41, 5.74) is 1.70. The van der Waals surface area contributed by atoms with E-state index in [1.807, 2.05) is 38.1 Å². The molecular weight excluding hydrogens is 307 g/mol. The van der Waals surface area contributed by atoms with Crippen molar-refractivity contribution >= 4 is 5.78 Å². The Morgan fingerprint density at radius 2 is 1.92 bits per heavy atom. The molecule has 0 atom stereocenters. The molecule has 0 radical (unpaired) electrons. The normalized spacial score (nSPS) is 10.7. The van der Waals surface area contributed by atoms with Crippen LogP contribution in [0.15, 0.2) is 42.5 Å². The number of hydrogen-bond acceptors (Lipinski definition) is 3. The fourth-order valence-electron chi connectivity index (χ4n) is 2.28. The van der Waals surface area contributed by atoms with E-state index in [0.717, 1.165) is 16.9 Å². The molecule has 0 amide bonds. The number of carbonyl (C=O) groups is 1. The highest BCUT2D eigenvalue weighted by atomic mass is 19.1. The molecule has 2 aromatic carbocycles. The van der Waals surface area contributed by atoms with E-state index in [9.17, 15) is 9.18 Å². The van der Waals surface area contributed by atoms with Crippen molar-refractivity contribution in [2.75, 3.05) is 0 Å². The van der Waals surface area contributed by atoms with Crippen molar-refractivity contribution < 1.29 is 18.7 Å². The van der Waals surface area contributed by atoms with Gasteiger partial charge >= 0.3 is 0 Å². The lowest BCUT2D eigenvalue weighted by Crippen LogP contribution is -2.06. The average Bonchev–Trinajstić information content (AvgIpc) is 2.51. The quantitative estimate of drug-likeness (QED) is 0.703. The average molecular weight is 330 g/mol. The van der Waals surface area contributed by atoms with Crippen molar-refractivity contribution in [2.24, 2.45) is 0 Å². The molecule has 0 fully saturated rings. The van der Waals surface area contributed by atoms with Gasteiger partial charge in [0, 0.05) is 6.42 Å². The predicted molar refractivity (Wildman–Crippen MR) is 91.9 cm³/mol. The monoisotopic (exact) mass is 330 g/mol. The summed E-state index contributed by atoms with van der Waals surface area (Å²) >= 11 is 0. The summed E-state index contributed by atoms with van der Waals surface area (Å²) in [5.74, 6) is 0.660. The fraction of sp³-hybridized carbons (Fsp3) is 0.350. The van der Waals surface area contributed by atoms with Crippen molar-refractivity contribution in [3.8, 4) is 11.5 Å². The topological polar surface area (TPSA) is 35.5 Å². The zero-order valence-corrected chi connectivity index (χ0v) is 14.3. The number of rotatable bonds is 8. The number of carbonyl (C=O) groups excluding carboxylic acids is 1. The first-order valence-electron chi connectivity index (χ1n) is 8.10. The van der Waals surface area contributed by atoms with Gasteiger partial charge in [-0.25, -0.2) is 4.39 Å². The maximum atomic E-state index is 14.1. The first-order valence-corrected chi connectivity index (χ1v) is 8.10. The third-order valence-electron chi connectivity index (χ3n) is 3.43. The Morgan fingerprint density at radius 3 is 2.58 bits per heavy atom. The van der Waals surface area contributed by atoms with Crippen LogP contribution < -0.4 is 9.47 Å². The smallest absolute Gasteiger partial charge is 0.165 e. The fourth-order valence-corrected chi connectivity index (χ4v) is 2.28. The van der Waals surface area contributed by atoms with E-state index in [0.29, 0.717) is 12.8 Å². The number of ether oxygens (including phenoxy) is 2. The number of ketones is 1. The SMILES string of the molecule is CC(=O)CCc1ccc(OCc2cccc(OC(C)C)c2)c(F)c1. The van der Waals surface area contributed by atoms with E-state index in [4.69, 9.17) is 9.47 Å². The maximum absolute atomic E-state index is 14.1. The lowest BCUT2D eigenvalue weighted by atomic mass is 10.1. The van der Waals surface area contributed by atoms with E-state index < -0.39 is 5.82 Å². The van der Waals surface area contributed by atoms with Gasteiger partial charge in [-0.05, 0) is 62.6 Å². The van der Waals surface area contributed by atoms with Crippen molar-refractivity contribution in [2.45, 2.75) is 46.3 Å². The summed E-state index contributed by atoms with van der Waals surface area (Å²) in [4.78, 5) is 11.0.